The molecular formula is C18H17NO2. The zero-order valence-corrected chi connectivity index (χ0v) is 11.7. The van der Waals surface area contributed by atoms with E-state index >= 15 is 0 Å². The molecule has 3 nitrogen and oxygen atoms in total. The van der Waals surface area contributed by atoms with Crippen LogP contribution in [0.3, 0.4) is 0 Å². The van der Waals surface area contributed by atoms with Crippen molar-refractivity contribution in [3.05, 3.63) is 66.2 Å². The van der Waals surface area contributed by atoms with E-state index in [1.54, 1.807) is 0 Å². The number of carbonyl (C=O) groups is 1. The van der Waals surface area contributed by atoms with E-state index in [1.165, 1.54) is 27.2 Å². The fourth-order valence-electron chi connectivity index (χ4n) is 2.63. The van der Waals surface area contributed by atoms with Gasteiger partial charge in [0.2, 0.25) is 0 Å². The molecule has 0 aliphatic carbocycles. The lowest BCUT2D eigenvalue weighted by atomic mass is 9.96. The molecule has 0 saturated carbocycles. The van der Waals surface area contributed by atoms with E-state index in [0.717, 1.165) is 6.42 Å². The Morgan fingerprint density at radius 2 is 1.67 bits per heavy atom. The first-order chi connectivity index (χ1) is 10.2. The topological polar surface area (TPSA) is 40.5 Å². The molecule has 106 valence electrons. The van der Waals surface area contributed by atoms with E-state index in [4.69, 9.17) is 5.11 Å². The summed E-state index contributed by atoms with van der Waals surface area (Å²) in [6.45, 7) is 1.04. The van der Waals surface area contributed by atoms with Crippen molar-refractivity contribution >= 4 is 11.7 Å². The molecule has 1 heterocycles. The largest absolute Gasteiger partial charge is 0.465 e. The minimum absolute atomic E-state index is 0.472. The van der Waals surface area contributed by atoms with E-state index in [9.17, 15) is 4.79 Å². The van der Waals surface area contributed by atoms with Crippen molar-refractivity contribution in [3.8, 4) is 11.1 Å². The highest BCUT2D eigenvalue weighted by atomic mass is 16.4. The highest BCUT2D eigenvalue weighted by Gasteiger charge is 2.16. The number of benzene rings is 2. The van der Waals surface area contributed by atoms with Crippen molar-refractivity contribution in [1.29, 1.82) is 0 Å². The molecule has 0 atom stereocenters. The summed E-state index contributed by atoms with van der Waals surface area (Å²) in [5.74, 6) is 0. The van der Waals surface area contributed by atoms with Crippen LogP contribution in [0, 0.1) is 0 Å². The van der Waals surface area contributed by atoms with Crippen LogP contribution in [-0.4, -0.2) is 29.2 Å². The second-order valence-electron chi connectivity index (χ2n) is 5.15. The summed E-state index contributed by atoms with van der Waals surface area (Å²) in [5, 5.41) is 8.98. The quantitative estimate of drug-likeness (QED) is 0.898. The maximum Gasteiger partial charge on any atom is 0.407 e. The average molecular weight is 279 g/mol. The van der Waals surface area contributed by atoms with Crippen LogP contribution in [0.2, 0.25) is 0 Å². The second kappa shape index (κ2) is 5.83. The zero-order chi connectivity index (χ0) is 14.7. The lowest BCUT2D eigenvalue weighted by Gasteiger charge is -2.24. The third kappa shape index (κ3) is 2.97. The Labute approximate surface area is 124 Å². The number of hydrogen-bond donors (Lipinski definition) is 1. The third-order valence-corrected chi connectivity index (χ3v) is 3.82. The minimum atomic E-state index is -0.844. The minimum Gasteiger partial charge on any atom is -0.465 e. The summed E-state index contributed by atoms with van der Waals surface area (Å²) in [5.41, 5.74) is 4.80. The number of carboxylic acid groups (broad SMARTS) is 1. The lowest BCUT2D eigenvalue weighted by Crippen LogP contribution is -2.33. The molecule has 1 amide bonds. The fraction of sp³-hybridized carbons (Fsp3) is 0.167. The molecule has 2 aromatic carbocycles. The molecule has 0 unspecified atom stereocenters. The maximum absolute atomic E-state index is 10.9. The highest BCUT2D eigenvalue weighted by molar-refractivity contribution is 5.74. The average Bonchev–Trinajstić information content (AvgIpc) is 2.56. The van der Waals surface area contributed by atoms with Crippen molar-refractivity contribution < 1.29 is 9.90 Å². The monoisotopic (exact) mass is 279 g/mol. The first-order valence-electron chi connectivity index (χ1n) is 7.07. The Kier molecular flexibility index (Phi) is 3.73. The van der Waals surface area contributed by atoms with E-state index in [0.29, 0.717) is 13.1 Å². The molecule has 3 rings (SSSR count). The molecule has 0 bridgehead atoms. The molecule has 0 aromatic heterocycles. The maximum atomic E-state index is 10.9. The Balaban J connectivity index is 1.86. The summed E-state index contributed by atoms with van der Waals surface area (Å²) in [6.07, 6.45) is 1.94. The molecule has 1 aliphatic rings. The van der Waals surface area contributed by atoms with Gasteiger partial charge >= 0.3 is 6.09 Å². The van der Waals surface area contributed by atoms with Crippen molar-refractivity contribution in [2.75, 3.05) is 13.1 Å². The molecule has 21 heavy (non-hydrogen) atoms. The summed E-state index contributed by atoms with van der Waals surface area (Å²) in [6, 6.07) is 18.7. The normalized spacial score (nSPS) is 14.7. The van der Waals surface area contributed by atoms with Gasteiger partial charge in [-0.25, -0.2) is 4.79 Å². The molecule has 3 heteroatoms. The van der Waals surface area contributed by atoms with Gasteiger partial charge in [-0.05, 0) is 34.8 Å². The van der Waals surface area contributed by atoms with Gasteiger partial charge in [-0.3, -0.25) is 0 Å². The van der Waals surface area contributed by atoms with Gasteiger partial charge in [-0.15, -0.1) is 0 Å². The van der Waals surface area contributed by atoms with Crippen LogP contribution in [0.25, 0.3) is 16.7 Å². The molecule has 1 aliphatic heterocycles. The van der Waals surface area contributed by atoms with Gasteiger partial charge in [0.05, 0.1) is 0 Å². The SMILES string of the molecule is O=C(O)N1CC=C(c2cccc(-c3ccccc3)c2)CC1. The molecular weight excluding hydrogens is 262 g/mol. The van der Waals surface area contributed by atoms with Gasteiger partial charge in [0, 0.05) is 13.1 Å². The molecule has 1 N–H and O–H groups in total. The number of hydrogen-bond acceptors (Lipinski definition) is 1. The zero-order valence-electron chi connectivity index (χ0n) is 11.7. The predicted octanol–water partition coefficient (Wildman–Crippen LogP) is 4.12. The summed E-state index contributed by atoms with van der Waals surface area (Å²) < 4.78 is 0. The van der Waals surface area contributed by atoms with Crippen molar-refractivity contribution in [1.82, 2.24) is 4.90 Å². The number of amides is 1. The van der Waals surface area contributed by atoms with Gasteiger partial charge in [0.25, 0.3) is 0 Å². The van der Waals surface area contributed by atoms with Crippen molar-refractivity contribution in [2.45, 2.75) is 6.42 Å². The van der Waals surface area contributed by atoms with Crippen LogP contribution < -0.4 is 0 Å². The van der Waals surface area contributed by atoms with E-state index in [2.05, 4.69) is 36.4 Å². The smallest absolute Gasteiger partial charge is 0.407 e. The lowest BCUT2D eigenvalue weighted by molar-refractivity contribution is 0.150. The summed E-state index contributed by atoms with van der Waals surface area (Å²) in [4.78, 5) is 12.4. The van der Waals surface area contributed by atoms with Crippen LogP contribution in [0.1, 0.15) is 12.0 Å². The molecule has 0 saturated heterocycles. The van der Waals surface area contributed by atoms with Gasteiger partial charge in [-0.2, -0.15) is 0 Å². The fourth-order valence-corrected chi connectivity index (χ4v) is 2.63. The van der Waals surface area contributed by atoms with Crippen LogP contribution in [0.4, 0.5) is 4.79 Å². The number of nitrogens with zero attached hydrogens (tertiary/aromatic N) is 1. The van der Waals surface area contributed by atoms with Gasteiger partial charge in [0.15, 0.2) is 0 Å². The molecule has 0 radical (unpaired) electrons. The van der Waals surface area contributed by atoms with Gasteiger partial charge < -0.3 is 10.0 Å². The van der Waals surface area contributed by atoms with E-state index in [-0.39, 0.29) is 0 Å². The first-order valence-corrected chi connectivity index (χ1v) is 7.07. The van der Waals surface area contributed by atoms with Crippen LogP contribution in [-0.2, 0) is 0 Å². The van der Waals surface area contributed by atoms with E-state index in [1.807, 2.05) is 24.3 Å². The second-order valence-corrected chi connectivity index (χ2v) is 5.15. The first kappa shape index (κ1) is 13.4. The molecule has 0 fully saturated rings. The van der Waals surface area contributed by atoms with Crippen molar-refractivity contribution in [3.63, 3.8) is 0 Å². The summed E-state index contributed by atoms with van der Waals surface area (Å²) >= 11 is 0. The number of rotatable bonds is 2. The van der Waals surface area contributed by atoms with Crippen LogP contribution in [0.15, 0.2) is 60.7 Å². The molecule has 0 spiro atoms. The standard InChI is InChI=1S/C18H17NO2/c20-18(21)19-11-9-15(10-12-19)17-8-4-7-16(13-17)14-5-2-1-3-6-14/h1-9,13H,10-12H2,(H,20,21). The van der Waals surface area contributed by atoms with Crippen LogP contribution in [0.5, 0.6) is 0 Å². The van der Waals surface area contributed by atoms with Crippen LogP contribution >= 0.6 is 0 Å². The predicted molar refractivity (Wildman–Crippen MR) is 84.1 cm³/mol. The third-order valence-electron chi connectivity index (χ3n) is 3.82. The molecule has 2 aromatic rings. The summed E-state index contributed by atoms with van der Waals surface area (Å²) in [7, 11) is 0. The van der Waals surface area contributed by atoms with Gasteiger partial charge in [-0.1, -0.05) is 54.6 Å². The van der Waals surface area contributed by atoms with E-state index < -0.39 is 6.09 Å². The van der Waals surface area contributed by atoms with Gasteiger partial charge in [0.1, 0.15) is 0 Å². The Bertz CT molecular complexity index is 677. The Morgan fingerprint density at radius 3 is 2.33 bits per heavy atom. The van der Waals surface area contributed by atoms with Crippen molar-refractivity contribution in [2.24, 2.45) is 0 Å². The Hall–Kier alpha value is -2.55. The highest BCUT2D eigenvalue weighted by Crippen LogP contribution is 2.27. The Morgan fingerprint density at radius 1 is 0.952 bits per heavy atom.